The van der Waals surface area contributed by atoms with Crippen LogP contribution in [0.5, 0.6) is 0 Å². The lowest BCUT2D eigenvalue weighted by molar-refractivity contribution is 0.422. The van der Waals surface area contributed by atoms with Crippen molar-refractivity contribution < 1.29 is 12.9 Å². The molecule has 1 aromatic heterocycles. The minimum absolute atomic E-state index is 0.0291. The predicted molar refractivity (Wildman–Crippen MR) is 92.7 cm³/mol. The summed E-state index contributed by atoms with van der Waals surface area (Å²) in [6.45, 7) is 2.06. The van der Waals surface area contributed by atoms with Crippen LogP contribution in [0.3, 0.4) is 0 Å². The highest BCUT2D eigenvalue weighted by atomic mass is 32.2. The number of hydrogen-bond acceptors (Lipinski definition) is 4. The largest absolute Gasteiger partial charge is 0.355 e. The first-order valence-electron chi connectivity index (χ1n) is 7.68. The first-order valence-corrected chi connectivity index (χ1v) is 9.23. The molecule has 0 aliphatic carbocycles. The van der Waals surface area contributed by atoms with Crippen LogP contribution in [-0.2, 0) is 16.4 Å². The molecule has 3 rings (SSSR count). The van der Waals surface area contributed by atoms with Crippen LogP contribution < -0.4 is 5.14 Å². The van der Waals surface area contributed by atoms with Crippen LogP contribution in [0.15, 0.2) is 64.0 Å². The summed E-state index contributed by atoms with van der Waals surface area (Å²) in [5, 5.41) is 9.53. The molecule has 5 nitrogen and oxygen atoms in total. The molecule has 0 aliphatic heterocycles. The third-order valence-electron chi connectivity index (χ3n) is 3.75. The maximum Gasteiger partial charge on any atom is 0.238 e. The second-order valence-corrected chi connectivity index (χ2v) is 7.02. The Morgan fingerprint density at radius 2 is 1.71 bits per heavy atom. The summed E-state index contributed by atoms with van der Waals surface area (Å²) < 4.78 is 29.4. The van der Waals surface area contributed by atoms with E-state index in [0.29, 0.717) is 11.3 Å². The summed E-state index contributed by atoms with van der Waals surface area (Å²) in [4.78, 5) is 0.0291. The molecule has 124 valence electrons. The van der Waals surface area contributed by atoms with E-state index in [1.165, 1.54) is 6.07 Å². The van der Waals surface area contributed by atoms with E-state index in [9.17, 15) is 8.42 Å². The fourth-order valence-electron chi connectivity index (χ4n) is 2.72. The van der Waals surface area contributed by atoms with E-state index in [0.717, 1.165) is 29.7 Å². The monoisotopic (exact) mass is 342 g/mol. The predicted octanol–water partition coefficient (Wildman–Crippen LogP) is 3.61. The zero-order chi connectivity index (χ0) is 17.2. The molecule has 6 heteroatoms. The lowest BCUT2D eigenvalue weighted by atomic mass is 9.98. The van der Waals surface area contributed by atoms with E-state index in [-0.39, 0.29) is 4.90 Å². The minimum atomic E-state index is -3.87. The van der Waals surface area contributed by atoms with Crippen molar-refractivity contribution >= 4 is 10.0 Å². The van der Waals surface area contributed by atoms with Gasteiger partial charge in [0.15, 0.2) is 5.76 Å². The Morgan fingerprint density at radius 3 is 2.38 bits per heavy atom. The number of aromatic nitrogens is 1. The molecule has 0 unspecified atom stereocenters. The molecule has 0 saturated heterocycles. The van der Waals surface area contributed by atoms with E-state index in [4.69, 9.17) is 9.66 Å². The Morgan fingerprint density at radius 1 is 1.04 bits per heavy atom. The molecule has 1 heterocycles. The van der Waals surface area contributed by atoms with E-state index in [1.54, 1.807) is 18.2 Å². The molecule has 0 amide bonds. The first kappa shape index (κ1) is 16.4. The van der Waals surface area contributed by atoms with Gasteiger partial charge in [-0.1, -0.05) is 61.0 Å². The number of hydrogen-bond donors (Lipinski definition) is 1. The molecule has 2 aromatic carbocycles. The van der Waals surface area contributed by atoms with Crippen molar-refractivity contribution in [2.45, 2.75) is 24.7 Å². The maximum atomic E-state index is 11.9. The second kappa shape index (κ2) is 6.59. The quantitative estimate of drug-likeness (QED) is 0.767. The highest BCUT2D eigenvalue weighted by molar-refractivity contribution is 7.89. The summed E-state index contributed by atoms with van der Waals surface area (Å²) in [6, 6.07) is 16.2. The molecule has 2 N–H and O–H groups in total. The highest BCUT2D eigenvalue weighted by Crippen LogP contribution is 2.38. The molecule has 24 heavy (non-hydrogen) atoms. The van der Waals surface area contributed by atoms with Gasteiger partial charge < -0.3 is 4.52 Å². The number of sulfonamides is 1. The lowest BCUT2D eigenvalue weighted by Crippen LogP contribution is -2.13. The standard InChI is InChI=1S/C18H18N2O3S/c1-2-8-15-17(13-9-4-3-5-10-13)18(23-20-15)14-11-6-7-12-16(14)24(19,21)22/h3-7,9-12H,2,8H2,1H3,(H2,19,21,22). The average Bonchev–Trinajstić information content (AvgIpc) is 2.99. The van der Waals surface area contributed by atoms with Crippen molar-refractivity contribution in [2.24, 2.45) is 5.14 Å². The van der Waals surface area contributed by atoms with Gasteiger partial charge in [-0.05, 0) is 24.1 Å². The summed E-state index contributed by atoms with van der Waals surface area (Å²) in [7, 11) is -3.87. The fourth-order valence-corrected chi connectivity index (χ4v) is 3.45. The third kappa shape index (κ3) is 3.11. The van der Waals surface area contributed by atoms with Crippen molar-refractivity contribution in [3.8, 4) is 22.5 Å². The van der Waals surface area contributed by atoms with E-state index < -0.39 is 10.0 Å². The van der Waals surface area contributed by atoms with Crippen molar-refractivity contribution in [1.29, 1.82) is 0 Å². The van der Waals surface area contributed by atoms with Gasteiger partial charge in [0.05, 0.1) is 16.2 Å². The molecule has 0 bridgehead atoms. The van der Waals surface area contributed by atoms with Crippen LogP contribution in [0.4, 0.5) is 0 Å². The van der Waals surface area contributed by atoms with Gasteiger partial charge >= 0.3 is 0 Å². The van der Waals surface area contributed by atoms with Crippen molar-refractivity contribution in [3.05, 3.63) is 60.3 Å². The van der Waals surface area contributed by atoms with Crippen LogP contribution in [0.2, 0.25) is 0 Å². The van der Waals surface area contributed by atoms with Crippen LogP contribution in [0.1, 0.15) is 19.0 Å². The van der Waals surface area contributed by atoms with Gasteiger partial charge in [0, 0.05) is 5.56 Å². The van der Waals surface area contributed by atoms with Crippen molar-refractivity contribution in [3.63, 3.8) is 0 Å². The Kier molecular flexibility index (Phi) is 4.51. The Labute approximate surface area is 141 Å². The molecule has 0 radical (unpaired) electrons. The normalized spacial score (nSPS) is 11.6. The highest BCUT2D eigenvalue weighted by Gasteiger charge is 2.24. The van der Waals surface area contributed by atoms with Crippen LogP contribution >= 0.6 is 0 Å². The van der Waals surface area contributed by atoms with Gasteiger partial charge in [0.1, 0.15) is 0 Å². The van der Waals surface area contributed by atoms with Gasteiger partial charge in [-0.15, -0.1) is 0 Å². The Hall–Kier alpha value is -2.44. The number of rotatable bonds is 5. The van der Waals surface area contributed by atoms with E-state index in [1.807, 2.05) is 30.3 Å². The number of aryl methyl sites for hydroxylation is 1. The zero-order valence-corrected chi connectivity index (χ0v) is 14.1. The van der Waals surface area contributed by atoms with Crippen molar-refractivity contribution in [1.82, 2.24) is 5.16 Å². The van der Waals surface area contributed by atoms with Crippen molar-refractivity contribution in [2.75, 3.05) is 0 Å². The second-order valence-electron chi connectivity index (χ2n) is 5.49. The van der Waals surface area contributed by atoms with E-state index >= 15 is 0 Å². The fraction of sp³-hybridized carbons (Fsp3) is 0.167. The van der Waals surface area contributed by atoms with Crippen LogP contribution in [-0.4, -0.2) is 13.6 Å². The Balaban J connectivity index is 2.28. The molecular weight excluding hydrogens is 324 g/mol. The Bertz CT molecular complexity index is 947. The minimum Gasteiger partial charge on any atom is -0.355 e. The lowest BCUT2D eigenvalue weighted by Gasteiger charge is -2.08. The van der Waals surface area contributed by atoms with Gasteiger partial charge in [-0.3, -0.25) is 0 Å². The van der Waals surface area contributed by atoms with Crippen LogP contribution in [0.25, 0.3) is 22.5 Å². The first-order chi connectivity index (χ1) is 11.5. The number of nitrogens with two attached hydrogens (primary N) is 1. The van der Waals surface area contributed by atoms with Gasteiger partial charge in [0.2, 0.25) is 10.0 Å². The molecule has 0 spiro atoms. The molecule has 3 aromatic rings. The van der Waals surface area contributed by atoms with Crippen LogP contribution in [0, 0.1) is 0 Å². The van der Waals surface area contributed by atoms with Gasteiger partial charge in [-0.2, -0.15) is 0 Å². The molecule has 0 saturated carbocycles. The molecule has 0 aliphatic rings. The average molecular weight is 342 g/mol. The van der Waals surface area contributed by atoms with Gasteiger partial charge in [0.25, 0.3) is 0 Å². The summed E-state index contributed by atoms with van der Waals surface area (Å²) in [5.74, 6) is 0.425. The maximum absolute atomic E-state index is 11.9. The SMILES string of the molecule is CCCc1noc(-c2ccccc2S(N)(=O)=O)c1-c1ccccc1. The topological polar surface area (TPSA) is 86.2 Å². The molecular formula is C18H18N2O3S. The molecule has 0 atom stereocenters. The molecule has 0 fully saturated rings. The summed E-state index contributed by atoms with van der Waals surface area (Å²) >= 11 is 0. The summed E-state index contributed by atoms with van der Waals surface area (Å²) in [6.07, 6.45) is 1.65. The zero-order valence-electron chi connectivity index (χ0n) is 13.3. The number of nitrogens with zero attached hydrogens (tertiary/aromatic N) is 1. The van der Waals surface area contributed by atoms with Gasteiger partial charge in [-0.25, -0.2) is 13.6 Å². The van der Waals surface area contributed by atoms with E-state index in [2.05, 4.69) is 12.1 Å². The third-order valence-corrected chi connectivity index (χ3v) is 4.72. The number of benzene rings is 2. The smallest absolute Gasteiger partial charge is 0.238 e. The summed E-state index contributed by atoms with van der Waals surface area (Å²) in [5.41, 5.74) is 2.98. The number of primary sulfonamides is 1.